The predicted molar refractivity (Wildman–Crippen MR) is 131 cm³/mol. The minimum Gasteiger partial charge on any atom is -0.493 e. The Morgan fingerprint density at radius 1 is 1.21 bits per heavy atom. The number of ether oxygens (including phenoxy) is 2. The van der Waals surface area contributed by atoms with Crippen LogP contribution in [0.4, 0.5) is 5.82 Å². The van der Waals surface area contributed by atoms with Gasteiger partial charge in [0, 0.05) is 35.9 Å². The van der Waals surface area contributed by atoms with Crippen molar-refractivity contribution in [1.82, 2.24) is 24.4 Å². The summed E-state index contributed by atoms with van der Waals surface area (Å²) in [4.78, 5) is 27.8. The van der Waals surface area contributed by atoms with E-state index >= 15 is 0 Å². The summed E-state index contributed by atoms with van der Waals surface area (Å²) in [5.41, 5.74) is 7.43. The lowest BCUT2D eigenvalue weighted by Gasteiger charge is -2.31. The summed E-state index contributed by atoms with van der Waals surface area (Å²) in [6, 6.07) is 3.80. The van der Waals surface area contributed by atoms with Gasteiger partial charge in [0.15, 0.2) is 33.6 Å². The lowest BCUT2D eigenvalue weighted by Crippen LogP contribution is -2.37. The number of amides is 1. The average molecular weight is 535 g/mol. The number of nitrogens with two attached hydrogens (primary N) is 1. The van der Waals surface area contributed by atoms with Crippen molar-refractivity contribution < 1.29 is 14.3 Å². The lowest BCUT2D eigenvalue weighted by molar-refractivity contribution is -0.130. The number of halogens is 1. The SMILES string of the molecule is COc1cc(Br)c(Sc2nc3c(N)ncnc3n2CCC2CCN(C(C)=O)CC2)cc1OC. The first-order chi connectivity index (χ1) is 15.9. The molecular formula is C22H27BrN6O3S. The van der Waals surface area contributed by atoms with Gasteiger partial charge in [0.1, 0.15) is 6.33 Å². The van der Waals surface area contributed by atoms with Crippen LogP contribution in [0.15, 0.2) is 33.0 Å². The Labute approximate surface area is 205 Å². The van der Waals surface area contributed by atoms with Crippen molar-refractivity contribution >= 4 is 50.6 Å². The van der Waals surface area contributed by atoms with E-state index in [4.69, 9.17) is 20.2 Å². The first-order valence-electron chi connectivity index (χ1n) is 10.7. The van der Waals surface area contributed by atoms with Gasteiger partial charge in [0.25, 0.3) is 0 Å². The van der Waals surface area contributed by atoms with E-state index in [0.29, 0.717) is 28.8 Å². The summed E-state index contributed by atoms with van der Waals surface area (Å²) in [7, 11) is 3.22. The molecule has 3 aromatic rings. The van der Waals surface area contributed by atoms with Gasteiger partial charge in [-0.3, -0.25) is 4.79 Å². The molecule has 0 atom stereocenters. The van der Waals surface area contributed by atoms with Crippen LogP contribution >= 0.6 is 27.7 Å². The molecule has 0 bridgehead atoms. The standard InChI is InChI=1S/C22H27BrN6O3S/c1-13(30)28-7-4-14(5-8-28)6-9-29-21-19(20(24)25-12-26-21)27-22(29)33-18-11-17(32-3)16(31-2)10-15(18)23/h10-12,14H,4-9H2,1-3H3,(H2,24,25,26). The molecule has 1 saturated heterocycles. The van der Waals surface area contributed by atoms with Crippen molar-refractivity contribution in [2.75, 3.05) is 33.0 Å². The average Bonchev–Trinajstić information content (AvgIpc) is 3.17. The molecule has 9 nitrogen and oxygen atoms in total. The van der Waals surface area contributed by atoms with Gasteiger partial charge in [0.2, 0.25) is 5.91 Å². The Bertz CT molecular complexity index is 1160. The van der Waals surface area contributed by atoms with Crippen molar-refractivity contribution in [1.29, 1.82) is 0 Å². The third-order valence-corrected chi connectivity index (χ3v) is 7.96. The number of nitrogens with zero attached hydrogens (tertiary/aromatic N) is 5. The van der Waals surface area contributed by atoms with Gasteiger partial charge in [0.05, 0.1) is 14.2 Å². The number of methoxy groups -OCH3 is 2. The quantitative estimate of drug-likeness (QED) is 0.484. The van der Waals surface area contributed by atoms with Crippen LogP contribution in [0.1, 0.15) is 26.2 Å². The molecule has 0 aliphatic carbocycles. The zero-order chi connectivity index (χ0) is 23.5. The number of aromatic nitrogens is 4. The molecule has 1 fully saturated rings. The normalized spacial score (nSPS) is 14.6. The smallest absolute Gasteiger partial charge is 0.219 e. The molecular weight excluding hydrogens is 508 g/mol. The number of rotatable bonds is 7. The highest BCUT2D eigenvalue weighted by Gasteiger charge is 2.23. The maximum atomic E-state index is 11.6. The van der Waals surface area contributed by atoms with Crippen LogP contribution in [0.25, 0.3) is 11.2 Å². The Morgan fingerprint density at radius 2 is 1.91 bits per heavy atom. The van der Waals surface area contributed by atoms with Gasteiger partial charge in [-0.05, 0) is 53.2 Å². The van der Waals surface area contributed by atoms with Gasteiger partial charge in [-0.25, -0.2) is 15.0 Å². The van der Waals surface area contributed by atoms with Gasteiger partial charge in [-0.2, -0.15) is 0 Å². The summed E-state index contributed by atoms with van der Waals surface area (Å²) in [5.74, 6) is 2.35. The number of likely N-dealkylation sites (tertiary alicyclic amines) is 1. The van der Waals surface area contributed by atoms with Crippen LogP contribution in [0.5, 0.6) is 11.5 Å². The van der Waals surface area contributed by atoms with Crippen LogP contribution < -0.4 is 15.2 Å². The number of hydrogen-bond acceptors (Lipinski definition) is 8. The number of imidazole rings is 1. The van der Waals surface area contributed by atoms with E-state index < -0.39 is 0 Å². The van der Waals surface area contributed by atoms with E-state index in [1.54, 1.807) is 21.1 Å². The highest BCUT2D eigenvalue weighted by molar-refractivity contribution is 9.10. The molecule has 2 aromatic heterocycles. The first kappa shape index (κ1) is 23.6. The number of carbonyl (C=O) groups excluding carboxylic acids is 1. The number of hydrogen-bond donors (Lipinski definition) is 1. The van der Waals surface area contributed by atoms with Crippen molar-refractivity contribution in [3.63, 3.8) is 0 Å². The van der Waals surface area contributed by atoms with E-state index in [-0.39, 0.29) is 5.91 Å². The Morgan fingerprint density at radius 3 is 2.58 bits per heavy atom. The molecule has 0 unspecified atom stereocenters. The second kappa shape index (κ2) is 10.2. The van der Waals surface area contributed by atoms with E-state index in [2.05, 4.69) is 30.5 Å². The van der Waals surface area contributed by atoms with Crippen molar-refractivity contribution in [3.05, 3.63) is 22.9 Å². The molecule has 176 valence electrons. The summed E-state index contributed by atoms with van der Waals surface area (Å²) < 4.78 is 13.9. The van der Waals surface area contributed by atoms with Crippen molar-refractivity contribution in [2.45, 2.75) is 42.8 Å². The number of fused-ring (bicyclic) bond motifs is 1. The van der Waals surface area contributed by atoms with E-state index in [1.807, 2.05) is 17.0 Å². The molecule has 1 amide bonds. The molecule has 1 aliphatic rings. The fourth-order valence-electron chi connectivity index (χ4n) is 4.07. The maximum Gasteiger partial charge on any atom is 0.219 e. The third kappa shape index (κ3) is 5.03. The van der Waals surface area contributed by atoms with Crippen LogP contribution in [-0.2, 0) is 11.3 Å². The van der Waals surface area contributed by atoms with Crippen LogP contribution in [-0.4, -0.2) is 57.6 Å². The predicted octanol–water partition coefficient (Wildman–Crippen LogP) is 3.99. The van der Waals surface area contributed by atoms with E-state index in [1.165, 1.54) is 18.1 Å². The molecule has 2 N–H and O–H groups in total. The van der Waals surface area contributed by atoms with Crippen LogP contribution in [0.3, 0.4) is 0 Å². The molecule has 4 rings (SSSR count). The van der Waals surface area contributed by atoms with Gasteiger partial charge >= 0.3 is 0 Å². The summed E-state index contributed by atoms with van der Waals surface area (Å²) in [5, 5.41) is 0.784. The summed E-state index contributed by atoms with van der Waals surface area (Å²) in [6.07, 6.45) is 4.46. The highest BCUT2D eigenvalue weighted by atomic mass is 79.9. The minimum atomic E-state index is 0.153. The molecule has 0 radical (unpaired) electrons. The zero-order valence-electron chi connectivity index (χ0n) is 18.9. The Hall–Kier alpha value is -2.53. The topological polar surface area (TPSA) is 108 Å². The largest absolute Gasteiger partial charge is 0.493 e. The third-order valence-electron chi connectivity index (χ3n) is 5.99. The highest BCUT2D eigenvalue weighted by Crippen LogP contribution is 2.41. The minimum absolute atomic E-state index is 0.153. The molecule has 0 spiro atoms. The Balaban J connectivity index is 1.61. The molecule has 1 aromatic carbocycles. The van der Waals surface area contributed by atoms with Crippen molar-refractivity contribution in [2.24, 2.45) is 5.92 Å². The van der Waals surface area contributed by atoms with Crippen LogP contribution in [0.2, 0.25) is 0 Å². The summed E-state index contributed by atoms with van der Waals surface area (Å²) >= 11 is 5.14. The second-order valence-corrected chi connectivity index (χ2v) is 9.82. The van der Waals surface area contributed by atoms with E-state index in [9.17, 15) is 4.79 Å². The fourth-order valence-corrected chi connectivity index (χ4v) is 5.58. The number of nitrogen functional groups attached to an aromatic ring is 1. The second-order valence-electron chi connectivity index (χ2n) is 7.95. The van der Waals surface area contributed by atoms with Crippen LogP contribution in [0, 0.1) is 5.92 Å². The molecule has 3 heterocycles. The first-order valence-corrected chi connectivity index (χ1v) is 12.3. The summed E-state index contributed by atoms with van der Waals surface area (Å²) in [6.45, 7) is 4.03. The molecule has 0 saturated carbocycles. The van der Waals surface area contributed by atoms with Gasteiger partial charge in [-0.15, -0.1) is 0 Å². The molecule has 11 heteroatoms. The van der Waals surface area contributed by atoms with Gasteiger partial charge in [-0.1, -0.05) is 11.8 Å². The number of carbonyl (C=O) groups is 1. The molecule has 1 aliphatic heterocycles. The number of piperidine rings is 1. The Kier molecular flexibility index (Phi) is 7.28. The number of aryl methyl sites for hydroxylation is 1. The number of anilines is 1. The lowest BCUT2D eigenvalue weighted by atomic mass is 9.93. The zero-order valence-corrected chi connectivity index (χ0v) is 21.3. The van der Waals surface area contributed by atoms with E-state index in [0.717, 1.165) is 59.1 Å². The number of benzene rings is 1. The maximum absolute atomic E-state index is 11.6. The van der Waals surface area contributed by atoms with Gasteiger partial charge < -0.3 is 24.7 Å². The fraction of sp³-hybridized carbons (Fsp3) is 0.455. The monoisotopic (exact) mass is 534 g/mol. The molecule has 33 heavy (non-hydrogen) atoms. The van der Waals surface area contributed by atoms with Crippen molar-refractivity contribution in [3.8, 4) is 11.5 Å².